The zero-order chi connectivity index (χ0) is 20.9. The summed E-state index contributed by atoms with van der Waals surface area (Å²) in [6.45, 7) is -3.57. The molecule has 0 atom stereocenters. The van der Waals surface area contributed by atoms with Gasteiger partial charge >= 0.3 is 6.61 Å². The van der Waals surface area contributed by atoms with Crippen LogP contribution in [0.15, 0.2) is 47.4 Å². The summed E-state index contributed by atoms with van der Waals surface area (Å²) in [5.74, 6) is -0.883. The highest BCUT2D eigenvalue weighted by molar-refractivity contribution is 7.89. The van der Waals surface area contributed by atoms with Crippen molar-refractivity contribution in [3.8, 4) is 11.5 Å². The van der Waals surface area contributed by atoms with Gasteiger partial charge in [0.15, 0.2) is 11.5 Å². The molecule has 1 amide bonds. The molecule has 0 heterocycles. The van der Waals surface area contributed by atoms with Crippen molar-refractivity contribution in [2.75, 3.05) is 26.0 Å². The van der Waals surface area contributed by atoms with E-state index in [-0.39, 0.29) is 22.1 Å². The molecule has 2 aromatic carbocycles. The Bertz CT molecular complexity index is 939. The Kier molecular flexibility index (Phi) is 7.17. The van der Waals surface area contributed by atoms with Crippen LogP contribution in [-0.4, -0.2) is 45.9 Å². The summed E-state index contributed by atoms with van der Waals surface area (Å²) in [5, 5.41) is 2.80. The fourth-order valence-electron chi connectivity index (χ4n) is 2.22. The molecule has 0 aliphatic carbocycles. The molecular formula is C17H17ClF2N2O5S. The molecule has 0 aliphatic heterocycles. The number of benzene rings is 2. The molecular weight excluding hydrogens is 418 g/mol. The van der Waals surface area contributed by atoms with E-state index in [0.717, 1.165) is 10.4 Å². The minimum absolute atomic E-state index is 0.0238. The quantitative estimate of drug-likeness (QED) is 0.689. The number of hydrogen-bond acceptors (Lipinski definition) is 5. The van der Waals surface area contributed by atoms with E-state index in [1.54, 1.807) is 0 Å². The van der Waals surface area contributed by atoms with Crippen LogP contribution in [0.3, 0.4) is 0 Å². The lowest BCUT2D eigenvalue weighted by Gasteiger charge is -2.17. The number of carbonyl (C=O) groups excluding carboxylic acids is 1. The number of sulfonamides is 1. The summed E-state index contributed by atoms with van der Waals surface area (Å²) < 4.78 is 60.0. The molecule has 2 aromatic rings. The molecule has 0 spiro atoms. The predicted octanol–water partition coefficient (Wildman–Crippen LogP) is 3.21. The smallest absolute Gasteiger partial charge is 0.387 e. The number of methoxy groups -OCH3 is 1. The Morgan fingerprint density at radius 2 is 1.82 bits per heavy atom. The summed E-state index contributed by atoms with van der Waals surface area (Å²) in [5.41, 5.74) is 0.138. The number of nitrogens with one attached hydrogen (secondary N) is 1. The maximum atomic E-state index is 12.5. The van der Waals surface area contributed by atoms with Crippen molar-refractivity contribution < 1.29 is 31.5 Å². The minimum Gasteiger partial charge on any atom is -0.493 e. The monoisotopic (exact) mass is 434 g/mol. The van der Waals surface area contributed by atoms with E-state index in [0.29, 0.717) is 5.02 Å². The summed E-state index contributed by atoms with van der Waals surface area (Å²) in [6, 6.07) is 9.38. The van der Waals surface area contributed by atoms with Gasteiger partial charge in [0.25, 0.3) is 0 Å². The Hall–Kier alpha value is -2.43. The molecule has 1 N–H and O–H groups in total. The number of anilines is 1. The molecule has 2 rings (SSSR count). The van der Waals surface area contributed by atoms with Crippen LogP contribution in [0.4, 0.5) is 14.5 Å². The zero-order valence-corrected chi connectivity index (χ0v) is 16.4. The SMILES string of the molecule is COc1ccc(NC(=O)CN(C)S(=O)(=O)c2ccc(Cl)cc2)cc1OC(F)F. The highest BCUT2D eigenvalue weighted by Gasteiger charge is 2.23. The Morgan fingerprint density at radius 1 is 1.18 bits per heavy atom. The van der Waals surface area contributed by atoms with Crippen LogP contribution in [0.1, 0.15) is 0 Å². The third-order valence-electron chi connectivity index (χ3n) is 3.55. The van der Waals surface area contributed by atoms with Crippen molar-refractivity contribution in [2.45, 2.75) is 11.5 Å². The van der Waals surface area contributed by atoms with Gasteiger partial charge in [0.2, 0.25) is 15.9 Å². The Balaban J connectivity index is 2.09. The number of alkyl halides is 2. The first-order chi connectivity index (χ1) is 13.1. The van der Waals surface area contributed by atoms with Crippen molar-refractivity contribution >= 4 is 33.2 Å². The van der Waals surface area contributed by atoms with E-state index in [1.165, 1.54) is 50.6 Å². The number of amides is 1. The highest BCUT2D eigenvalue weighted by Crippen LogP contribution is 2.31. The molecule has 152 valence electrons. The van der Waals surface area contributed by atoms with Crippen LogP contribution < -0.4 is 14.8 Å². The first-order valence-corrected chi connectivity index (χ1v) is 9.60. The summed E-state index contributed by atoms with van der Waals surface area (Å²) in [4.78, 5) is 12.2. The van der Waals surface area contributed by atoms with E-state index >= 15 is 0 Å². The minimum atomic E-state index is -3.91. The molecule has 28 heavy (non-hydrogen) atoms. The maximum Gasteiger partial charge on any atom is 0.387 e. The van der Waals surface area contributed by atoms with Crippen molar-refractivity contribution in [1.82, 2.24) is 4.31 Å². The lowest BCUT2D eigenvalue weighted by molar-refractivity contribution is -0.116. The standard InChI is InChI=1S/C17H17ClF2N2O5S/c1-22(28(24,25)13-6-3-11(18)4-7-13)10-16(23)21-12-5-8-14(26-2)15(9-12)27-17(19)20/h3-9,17H,10H2,1-2H3,(H,21,23). The fourth-order valence-corrected chi connectivity index (χ4v) is 3.47. The Labute approximate surface area is 165 Å². The second kappa shape index (κ2) is 9.18. The molecule has 11 heteroatoms. The van der Waals surface area contributed by atoms with E-state index in [1.807, 2.05) is 0 Å². The summed E-state index contributed by atoms with van der Waals surface area (Å²) in [6.07, 6.45) is 0. The van der Waals surface area contributed by atoms with Crippen LogP contribution in [0.2, 0.25) is 5.02 Å². The molecule has 0 bridgehead atoms. The lowest BCUT2D eigenvalue weighted by atomic mass is 10.2. The highest BCUT2D eigenvalue weighted by atomic mass is 35.5. The second-order valence-corrected chi connectivity index (χ2v) is 7.99. The largest absolute Gasteiger partial charge is 0.493 e. The molecule has 0 saturated heterocycles. The number of likely N-dealkylation sites (N-methyl/N-ethyl adjacent to an activating group) is 1. The fraction of sp³-hybridized carbons (Fsp3) is 0.235. The van der Waals surface area contributed by atoms with E-state index in [9.17, 15) is 22.0 Å². The van der Waals surface area contributed by atoms with Gasteiger partial charge in [0.1, 0.15) is 0 Å². The van der Waals surface area contributed by atoms with Gasteiger partial charge < -0.3 is 14.8 Å². The number of nitrogens with zero attached hydrogens (tertiary/aromatic N) is 1. The number of carbonyl (C=O) groups is 1. The summed E-state index contributed by atoms with van der Waals surface area (Å²) in [7, 11) is -1.39. The molecule has 7 nitrogen and oxygen atoms in total. The average Bonchev–Trinajstić information content (AvgIpc) is 2.61. The molecule has 0 fully saturated rings. The topological polar surface area (TPSA) is 84.9 Å². The van der Waals surface area contributed by atoms with Crippen LogP contribution in [0.5, 0.6) is 11.5 Å². The van der Waals surface area contributed by atoms with Crippen LogP contribution in [0, 0.1) is 0 Å². The molecule has 0 aliphatic rings. The van der Waals surface area contributed by atoms with Gasteiger partial charge in [-0.3, -0.25) is 4.79 Å². The number of halogens is 3. The van der Waals surface area contributed by atoms with Crippen molar-refractivity contribution in [3.63, 3.8) is 0 Å². The summed E-state index contributed by atoms with van der Waals surface area (Å²) >= 11 is 5.74. The van der Waals surface area contributed by atoms with Gasteiger partial charge in [-0.15, -0.1) is 0 Å². The van der Waals surface area contributed by atoms with E-state index in [2.05, 4.69) is 10.1 Å². The number of hydrogen-bond donors (Lipinski definition) is 1. The van der Waals surface area contributed by atoms with Crippen LogP contribution in [0.25, 0.3) is 0 Å². The average molecular weight is 435 g/mol. The molecule has 0 saturated carbocycles. The van der Waals surface area contributed by atoms with Crippen molar-refractivity contribution in [1.29, 1.82) is 0 Å². The second-order valence-electron chi connectivity index (χ2n) is 5.51. The van der Waals surface area contributed by atoms with Gasteiger partial charge in [-0.25, -0.2) is 8.42 Å². The Morgan fingerprint density at radius 3 is 2.39 bits per heavy atom. The van der Waals surface area contributed by atoms with Gasteiger partial charge in [-0.2, -0.15) is 13.1 Å². The number of rotatable bonds is 8. The van der Waals surface area contributed by atoms with E-state index < -0.39 is 29.1 Å². The number of ether oxygens (including phenoxy) is 2. The van der Waals surface area contributed by atoms with Gasteiger partial charge in [-0.1, -0.05) is 11.6 Å². The first kappa shape index (κ1) is 21.9. The van der Waals surface area contributed by atoms with Crippen molar-refractivity contribution in [2.24, 2.45) is 0 Å². The third-order valence-corrected chi connectivity index (χ3v) is 5.62. The first-order valence-electron chi connectivity index (χ1n) is 7.78. The predicted molar refractivity (Wildman–Crippen MR) is 99.5 cm³/mol. The van der Waals surface area contributed by atoms with Crippen LogP contribution >= 0.6 is 11.6 Å². The van der Waals surface area contributed by atoms with Crippen molar-refractivity contribution in [3.05, 3.63) is 47.5 Å². The molecule has 0 aromatic heterocycles. The van der Waals surface area contributed by atoms with Crippen LogP contribution in [-0.2, 0) is 14.8 Å². The van der Waals surface area contributed by atoms with E-state index in [4.69, 9.17) is 16.3 Å². The normalized spacial score (nSPS) is 11.5. The third kappa shape index (κ3) is 5.54. The van der Waals surface area contributed by atoms with Gasteiger partial charge in [0, 0.05) is 23.8 Å². The maximum absolute atomic E-state index is 12.5. The van der Waals surface area contributed by atoms with Gasteiger partial charge in [0.05, 0.1) is 18.6 Å². The van der Waals surface area contributed by atoms with Gasteiger partial charge in [-0.05, 0) is 36.4 Å². The zero-order valence-electron chi connectivity index (χ0n) is 14.9. The molecule has 0 unspecified atom stereocenters. The molecule has 0 radical (unpaired) electrons. The lowest BCUT2D eigenvalue weighted by Crippen LogP contribution is -2.34.